The normalized spacial score (nSPS) is 26.8. The zero-order chi connectivity index (χ0) is 15.6. The van der Waals surface area contributed by atoms with E-state index in [2.05, 4.69) is 4.90 Å². The molecule has 22 heavy (non-hydrogen) atoms. The third-order valence-electron chi connectivity index (χ3n) is 4.66. The van der Waals surface area contributed by atoms with Gasteiger partial charge in [-0.2, -0.15) is 0 Å². The molecule has 0 bridgehead atoms. The fraction of sp³-hybridized carbons (Fsp3) is 0.706. The second-order valence-corrected chi connectivity index (χ2v) is 6.89. The van der Waals surface area contributed by atoms with Gasteiger partial charge in [-0.05, 0) is 18.9 Å². The lowest BCUT2D eigenvalue weighted by Crippen LogP contribution is -2.60. The van der Waals surface area contributed by atoms with E-state index in [1.54, 1.807) is 12.5 Å². The third kappa shape index (κ3) is 3.36. The number of likely N-dealkylation sites (tertiary alicyclic amines) is 1. The molecule has 3 heterocycles. The monoisotopic (exact) mass is 306 g/mol. The summed E-state index contributed by atoms with van der Waals surface area (Å²) in [6.07, 6.45) is 5.58. The van der Waals surface area contributed by atoms with Crippen LogP contribution in [0.15, 0.2) is 23.0 Å². The van der Waals surface area contributed by atoms with Gasteiger partial charge in [0.1, 0.15) is 0 Å². The summed E-state index contributed by atoms with van der Waals surface area (Å²) in [6, 6.07) is 2.01. The third-order valence-corrected chi connectivity index (χ3v) is 4.66. The molecule has 3 rings (SSSR count). The first-order valence-electron chi connectivity index (χ1n) is 8.24. The summed E-state index contributed by atoms with van der Waals surface area (Å²) < 4.78 is 11.3. The Kier molecular flexibility index (Phi) is 4.54. The van der Waals surface area contributed by atoms with Crippen LogP contribution < -0.4 is 0 Å². The molecule has 5 nitrogen and oxygen atoms in total. The number of furan rings is 1. The van der Waals surface area contributed by atoms with Crippen molar-refractivity contribution in [1.29, 1.82) is 0 Å². The highest BCUT2D eigenvalue weighted by Crippen LogP contribution is 2.30. The Labute approximate surface area is 132 Å². The molecule has 0 N–H and O–H groups in total. The fourth-order valence-corrected chi connectivity index (χ4v) is 3.60. The molecule has 1 aromatic heterocycles. The van der Waals surface area contributed by atoms with Gasteiger partial charge >= 0.3 is 0 Å². The molecule has 0 aromatic carbocycles. The maximum atomic E-state index is 12.3. The Morgan fingerprint density at radius 3 is 2.95 bits per heavy atom. The molecular weight excluding hydrogens is 280 g/mol. The van der Waals surface area contributed by atoms with E-state index in [0.717, 1.165) is 52.2 Å². The van der Waals surface area contributed by atoms with Crippen molar-refractivity contribution in [1.82, 2.24) is 9.80 Å². The summed E-state index contributed by atoms with van der Waals surface area (Å²) in [6.45, 7) is 8.98. The number of amides is 1. The lowest BCUT2D eigenvalue weighted by atomic mass is 9.90. The number of carbonyl (C=O) groups excluding carboxylic acids is 1. The van der Waals surface area contributed by atoms with Crippen molar-refractivity contribution in [2.45, 2.75) is 38.8 Å². The number of nitrogens with zero attached hydrogens (tertiary/aromatic N) is 2. The number of ether oxygens (including phenoxy) is 1. The highest BCUT2D eigenvalue weighted by atomic mass is 16.5. The molecule has 1 atom stereocenters. The summed E-state index contributed by atoms with van der Waals surface area (Å²) in [5.41, 5.74) is 1.01. The summed E-state index contributed by atoms with van der Waals surface area (Å²) >= 11 is 0. The maximum Gasteiger partial charge on any atom is 0.225 e. The summed E-state index contributed by atoms with van der Waals surface area (Å²) in [7, 11) is 0. The van der Waals surface area contributed by atoms with E-state index in [0.29, 0.717) is 0 Å². The zero-order valence-electron chi connectivity index (χ0n) is 13.6. The smallest absolute Gasteiger partial charge is 0.225 e. The van der Waals surface area contributed by atoms with E-state index in [4.69, 9.17) is 9.15 Å². The molecule has 2 fully saturated rings. The van der Waals surface area contributed by atoms with Crippen LogP contribution in [0, 0.1) is 5.92 Å². The molecule has 122 valence electrons. The SMILES string of the molecule is CC(C)C(=O)N1CCC[C@]2(CN(Cc3ccoc3)CCO2)C1. The minimum atomic E-state index is -0.190. The van der Waals surface area contributed by atoms with Crippen LogP contribution in [0.5, 0.6) is 0 Å². The van der Waals surface area contributed by atoms with Crippen molar-refractivity contribution in [3.05, 3.63) is 24.2 Å². The Hall–Kier alpha value is -1.33. The van der Waals surface area contributed by atoms with Crippen LogP contribution in [0.4, 0.5) is 0 Å². The fourth-order valence-electron chi connectivity index (χ4n) is 3.60. The van der Waals surface area contributed by atoms with Gasteiger partial charge in [0, 0.05) is 37.7 Å². The summed E-state index contributed by atoms with van der Waals surface area (Å²) in [5.74, 6) is 0.301. The Bertz CT molecular complexity index is 496. The predicted molar refractivity (Wildman–Crippen MR) is 83.3 cm³/mol. The molecule has 1 amide bonds. The number of hydrogen-bond donors (Lipinski definition) is 0. The van der Waals surface area contributed by atoms with Gasteiger partial charge in [-0.1, -0.05) is 13.8 Å². The lowest BCUT2D eigenvalue weighted by Gasteiger charge is -2.48. The van der Waals surface area contributed by atoms with Crippen LogP contribution >= 0.6 is 0 Å². The topological polar surface area (TPSA) is 45.9 Å². The molecule has 2 saturated heterocycles. The minimum absolute atomic E-state index is 0.0563. The van der Waals surface area contributed by atoms with Crippen molar-refractivity contribution in [3.63, 3.8) is 0 Å². The van der Waals surface area contributed by atoms with Crippen LogP contribution in [0.25, 0.3) is 0 Å². The second kappa shape index (κ2) is 6.42. The van der Waals surface area contributed by atoms with E-state index < -0.39 is 0 Å². The van der Waals surface area contributed by atoms with Gasteiger partial charge in [-0.25, -0.2) is 0 Å². The van der Waals surface area contributed by atoms with E-state index in [1.807, 2.05) is 24.8 Å². The highest BCUT2D eigenvalue weighted by molar-refractivity contribution is 5.78. The number of carbonyl (C=O) groups is 1. The number of hydrogen-bond acceptors (Lipinski definition) is 4. The van der Waals surface area contributed by atoms with Gasteiger partial charge in [0.05, 0.1) is 31.3 Å². The number of rotatable bonds is 3. The zero-order valence-corrected chi connectivity index (χ0v) is 13.6. The standard InChI is InChI=1S/C17H26N2O3/c1-14(2)16(20)19-6-3-5-17(13-19)12-18(7-9-22-17)10-15-4-8-21-11-15/h4,8,11,14H,3,5-7,9-10,12-13H2,1-2H3/t17-/m0/s1. The van der Waals surface area contributed by atoms with Gasteiger partial charge in [0.15, 0.2) is 0 Å². The van der Waals surface area contributed by atoms with E-state index in [9.17, 15) is 4.79 Å². The van der Waals surface area contributed by atoms with Crippen molar-refractivity contribution < 1.29 is 13.9 Å². The van der Waals surface area contributed by atoms with E-state index in [1.165, 1.54) is 5.56 Å². The first-order chi connectivity index (χ1) is 10.6. The maximum absolute atomic E-state index is 12.3. The second-order valence-electron chi connectivity index (χ2n) is 6.89. The molecule has 1 spiro atoms. The quantitative estimate of drug-likeness (QED) is 0.858. The van der Waals surface area contributed by atoms with E-state index in [-0.39, 0.29) is 17.4 Å². The molecule has 2 aliphatic rings. The Balaban J connectivity index is 1.65. The average Bonchev–Trinajstić information content (AvgIpc) is 2.99. The predicted octanol–water partition coefficient (Wildman–Crippen LogP) is 2.13. The number of piperidine rings is 1. The van der Waals surface area contributed by atoms with Crippen LogP contribution in [-0.4, -0.2) is 54.1 Å². The van der Waals surface area contributed by atoms with Crippen LogP contribution in [0.3, 0.4) is 0 Å². The number of morpholine rings is 1. The van der Waals surface area contributed by atoms with Gasteiger partial charge in [-0.3, -0.25) is 9.69 Å². The minimum Gasteiger partial charge on any atom is -0.472 e. The molecule has 0 saturated carbocycles. The molecule has 5 heteroatoms. The molecule has 2 aliphatic heterocycles. The first-order valence-corrected chi connectivity index (χ1v) is 8.24. The Morgan fingerprint density at radius 1 is 1.36 bits per heavy atom. The summed E-state index contributed by atoms with van der Waals surface area (Å²) in [5, 5.41) is 0. The van der Waals surface area contributed by atoms with Crippen molar-refractivity contribution in [2.75, 3.05) is 32.8 Å². The Morgan fingerprint density at radius 2 is 2.23 bits per heavy atom. The van der Waals surface area contributed by atoms with Gasteiger partial charge < -0.3 is 14.1 Å². The molecule has 0 aliphatic carbocycles. The van der Waals surface area contributed by atoms with Gasteiger partial charge in [0.25, 0.3) is 0 Å². The van der Waals surface area contributed by atoms with Gasteiger partial charge in [-0.15, -0.1) is 0 Å². The molecule has 1 aromatic rings. The van der Waals surface area contributed by atoms with Crippen molar-refractivity contribution in [3.8, 4) is 0 Å². The molecule has 0 radical (unpaired) electrons. The molecule has 0 unspecified atom stereocenters. The first kappa shape index (κ1) is 15.6. The molecular formula is C17H26N2O3. The lowest BCUT2D eigenvalue weighted by molar-refractivity contribution is -0.160. The van der Waals surface area contributed by atoms with Crippen molar-refractivity contribution in [2.24, 2.45) is 5.92 Å². The van der Waals surface area contributed by atoms with E-state index >= 15 is 0 Å². The van der Waals surface area contributed by atoms with Crippen LogP contribution in [0.1, 0.15) is 32.3 Å². The average molecular weight is 306 g/mol. The van der Waals surface area contributed by atoms with Crippen LogP contribution in [0.2, 0.25) is 0 Å². The van der Waals surface area contributed by atoms with Gasteiger partial charge in [0.2, 0.25) is 5.91 Å². The highest BCUT2D eigenvalue weighted by Gasteiger charge is 2.41. The largest absolute Gasteiger partial charge is 0.472 e. The summed E-state index contributed by atoms with van der Waals surface area (Å²) in [4.78, 5) is 16.7. The van der Waals surface area contributed by atoms with Crippen molar-refractivity contribution >= 4 is 5.91 Å². The van der Waals surface area contributed by atoms with Crippen LogP contribution in [-0.2, 0) is 16.1 Å².